The van der Waals surface area contributed by atoms with E-state index in [-0.39, 0.29) is 23.5 Å². The molecule has 8 heteroatoms. The highest BCUT2D eigenvalue weighted by molar-refractivity contribution is 7.99. The number of anilines is 1. The molecular weight excluding hydrogens is 449 g/mol. The summed E-state index contributed by atoms with van der Waals surface area (Å²) in [5, 5.41) is 11.5. The van der Waals surface area contributed by atoms with Crippen LogP contribution in [0.4, 0.5) is 10.1 Å². The van der Waals surface area contributed by atoms with E-state index >= 15 is 0 Å². The van der Waals surface area contributed by atoms with Gasteiger partial charge in [0.15, 0.2) is 11.0 Å². The van der Waals surface area contributed by atoms with Crippen molar-refractivity contribution in [3.63, 3.8) is 0 Å². The number of nitrogens with zero attached hydrogens (tertiary/aromatic N) is 5. The summed E-state index contributed by atoms with van der Waals surface area (Å²) in [4.78, 5) is 17.2. The molecule has 0 N–H and O–H groups in total. The molecule has 1 heterocycles. The number of thioether (sulfide) groups is 1. The lowest BCUT2D eigenvalue weighted by molar-refractivity contribution is -0.116. The van der Waals surface area contributed by atoms with Crippen molar-refractivity contribution in [3.8, 4) is 5.69 Å². The summed E-state index contributed by atoms with van der Waals surface area (Å²) >= 11 is 1.33. The van der Waals surface area contributed by atoms with Crippen LogP contribution in [0, 0.1) is 5.82 Å². The zero-order valence-corrected chi connectivity index (χ0v) is 20.6. The Morgan fingerprint density at radius 2 is 1.74 bits per heavy atom. The summed E-state index contributed by atoms with van der Waals surface area (Å²) in [6, 6.07) is 20.3. The molecule has 4 rings (SSSR count). The number of carbonyl (C=O) groups excluding carboxylic acids is 1. The Kier molecular flexibility index (Phi) is 7.29. The first kappa shape index (κ1) is 23.9. The molecule has 0 aliphatic rings. The Balaban J connectivity index is 1.62. The molecule has 1 amide bonds. The number of fused-ring (bicyclic) bond motifs is 1. The second-order valence-electron chi connectivity index (χ2n) is 8.22. The van der Waals surface area contributed by atoms with E-state index in [1.807, 2.05) is 79.9 Å². The third-order valence-corrected chi connectivity index (χ3v) is 6.80. The van der Waals surface area contributed by atoms with Crippen molar-refractivity contribution in [2.24, 2.45) is 0 Å². The minimum Gasteiger partial charge on any atom is -0.311 e. The Morgan fingerprint density at radius 1 is 1.03 bits per heavy atom. The van der Waals surface area contributed by atoms with E-state index in [2.05, 4.69) is 10.2 Å². The SMILES string of the molecule is CCN(C(=O)CSc1nnc([C@H](C)N(C)C)n1-c1ccc(F)cc1)c1cccc2ccccc12. The number of hydrogen-bond acceptors (Lipinski definition) is 5. The van der Waals surface area contributed by atoms with E-state index in [1.165, 1.54) is 23.9 Å². The van der Waals surface area contributed by atoms with E-state index in [0.29, 0.717) is 11.7 Å². The fourth-order valence-corrected chi connectivity index (χ4v) is 4.67. The van der Waals surface area contributed by atoms with Gasteiger partial charge in [0.05, 0.1) is 17.5 Å². The van der Waals surface area contributed by atoms with Crippen LogP contribution in [0.15, 0.2) is 71.9 Å². The molecule has 0 aliphatic heterocycles. The van der Waals surface area contributed by atoms with Crippen LogP contribution in [0.2, 0.25) is 0 Å². The Labute approximate surface area is 203 Å². The first-order chi connectivity index (χ1) is 16.4. The highest BCUT2D eigenvalue weighted by Gasteiger charge is 2.23. The molecule has 34 heavy (non-hydrogen) atoms. The molecule has 3 aromatic carbocycles. The second kappa shape index (κ2) is 10.4. The third kappa shape index (κ3) is 4.83. The summed E-state index contributed by atoms with van der Waals surface area (Å²) in [6.07, 6.45) is 0. The van der Waals surface area contributed by atoms with Gasteiger partial charge < -0.3 is 4.90 Å². The molecule has 0 unspecified atom stereocenters. The van der Waals surface area contributed by atoms with Gasteiger partial charge in [0, 0.05) is 17.6 Å². The molecule has 0 fully saturated rings. The maximum atomic E-state index is 13.6. The molecule has 0 saturated carbocycles. The maximum Gasteiger partial charge on any atom is 0.237 e. The van der Waals surface area contributed by atoms with E-state index in [4.69, 9.17) is 0 Å². The van der Waals surface area contributed by atoms with Crippen molar-refractivity contribution in [1.82, 2.24) is 19.7 Å². The van der Waals surface area contributed by atoms with Gasteiger partial charge in [-0.3, -0.25) is 14.3 Å². The van der Waals surface area contributed by atoms with Crippen molar-refractivity contribution in [3.05, 3.63) is 78.4 Å². The number of amides is 1. The number of aromatic nitrogens is 3. The number of benzene rings is 3. The molecule has 4 aromatic rings. The number of rotatable bonds is 8. The van der Waals surface area contributed by atoms with Gasteiger partial charge in [-0.25, -0.2) is 4.39 Å². The van der Waals surface area contributed by atoms with E-state index in [0.717, 1.165) is 28.0 Å². The number of carbonyl (C=O) groups is 1. The fraction of sp³-hybridized carbons (Fsp3) is 0.269. The van der Waals surface area contributed by atoms with Crippen LogP contribution in [0.1, 0.15) is 25.7 Å². The van der Waals surface area contributed by atoms with Crippen molar-refractivity contribution in [2.75, 3.05) is 31.3 Å². The molecule has 6 nitrogen and oxygen atoms in total. The first-order valence-electron chi connectivity index (χ1n) is 11.2. The van der Waals surface area contributed by atoms with Crippen LogP contribution >= 0.6 is 11.8 Å². The summed E-state index contributed by atoms with van der Waals surface area (Å²) in [7, 11) is 3.93. The molecule has 1 aromatic heterocycles. The van der Waals surface area contributed by atoms with Crippen LogP contribution < -0.4 is 4.90 Å². The molecule has 0 aliphatic carbocycles. The summed E-state index contributed by atoms with van der Waals surface area (Å²) < 4.78 is 15.5. The van der Waals surface area contributed by atoms with E-state index in [1.54, 1.807) is 17.0 Å². The molecule has 0 spiro atoms. The minimum absolute atomic E-state index is 0.0142. The summed E-state index contributed by atoms with van der Waals surface area (Å²) in [5.41, 5.74) is 1.65. The van der Waals surface area contributed by atoms with Crippen LogP contribution in [0.5, 0.6) is 0 Å². The minimum atomic E-state index is -0.308. The normalized spacial score (nSPS) is 12.3. The lowest BCUT2D eigenvalue weighted by Gasteiger charge is -2.23. The van der Waals surface area contributed by atoms with Crippen molar-refractivity contribution >= 4 is 34.1 Å². The van der Waals surface area contributed by atoms with Crippen molar-refractivity contribution < 1.29 is 9.18 Å². The van der Waals surface area contributed by atoms with Crippen LogP contribution in [-0.2, 0) is 4.79 Å². The quantitative estimate of drug-likeness (QED) is 0.321. The van der Waals surface area contributed by atoms with Crippen molar-refractivity contribution in [1.29, 1.82) is 0 Å². The Bertz CT molecular complexity index is 1280. The zero-order chi connectivity index (χ0) is 24.2. The zero-order valence-electron chi connectivity index (χ0n) is 19.8. The molecule has 176 valence electrons. The summed E-state index contributed by atoms with van der Waals surface area (Å²) in [5.74, 6) is 0.608. The second-order valence-corrected chi connectivity index (χ2v) is 9.16. The van der Waals surface area contributed by atoms with Crippen LogP contribution in [0.3, 0.4) is 0 Å². The highest BCUT2D eigenvalue weighted by Crippen LogP contribution is 2.30. The molecule has 0 bridgehead atoms. The molecule has 1 atom stereocenters. The smallest absolute Gasteiger partial charge is 0.237 e. The van der Waals surface area contributed by atoms with Gasteiger partial charge in [0.1, 0.15) is 5.82 Å². The van der Waals surface area contributed by atoms with E-state index in [9.17, 15) is 9.18 Å². The molecule has 0 saturated heterocycles. The van der Waals surface area contributed by atoms with Gasteiger partial charge in [-0.2, -0.15) is 0 Å². The fourth-order valence-electron chi connectivity index (χ4n) is 3.84. The average molecular weight is 478 g/mol. The van der Waals surface area contributed by atoms with Gasteiger partial charge in [0.25, 0.3) is 0 Å². The third-order valence-electron chi connectivity index (χ3n) is 5.89. The standard InChI is InChI=1S/C26H28FN5OS/c1-5-31(23-12-8-10-19-9-6-7-11-22(19)23)24(33)17-34-26-29-28-25(18(2)30(3)4)32(26)21-15-13-20(27)14-16-21/h6-16,18H,5,17H2,1-4H3/t18-/m0/s1. The lowest BCUT2D eigenvalue weighted by atomic mass is 10.1. The monoisotopic (exact) mass is 477 g/mol. The van der Waals surface area contributed by atoms with Gasteiger partial charge in [0.2, 0.25) is 5.91 Å². The van der Waals surface area contributed by atoms with E-state index < -0.39 is 0 Å². The van der Waals surface area contributed by atoms with Gasteiger partial charge in [-0.05, 0) is 63.7 Å². The molecule has 0 radical (unpaired) electrons. The predicted octanol–water partition coefficient (Wildman–Crippen LogP) is 5.33. The first-order valence-corrected chi connectivity index (χ1v) is 12.2. The number of hydrogen-bond donors (Lipinski definition) is 0. The lowest BCUT2D eigenvalue weighted by Crippen LogP contribution is -2.32. The largest absolute Gasteiger partial charge is 0.311 e. The predicted molar refractivity (Wildman–Crippen MR) is 136 cm³/mol. The summed E-state index contributed by atoms with van der Waals surface area (Å²) in [6.45, 7) is 4.56. The topological polar surface area (TPSA) is 54.3 Å². The average Bonchev–Trinajstić information content (AvgIpc) is 3.27. The van der Waals surface area contributed by atoms with Gasteiger partial charge in [-0.1, -0.05) is 48.2 Å². The highest BCUT2D eigenvalue weighted by atomic mass is 32.2. The van der Waals surface area contributed by atoms with Crippen LogP contribution in [-0.4, -0.2) is 52.0 Å². The van der Waals surface area contributed by atoms with Crippen molar-refractivity contribution in [2.45, 2.75) is 25.0 Å². The van der Waals surface area contributed by atoms with Crippen LogP contribution in [0.25, 0.3) is 16.5 Å². The van der Waals surface area contributed by atoms with Gasteiger partial charge >= 0.3 is 0 Å². The Hall–Kier alpha value is -3.23. The van der Waals surface area contributed by atoms with Gasteiger partial charge in [-0.15, -0.1) is 10.2 Å². The maximum absolute atomic E-state index is 13.6. The molecular formula is C26H28FN5OS. The Morgan fingerprint density at radius 3 is 2.44 bits per heavy atom. The number of halogens is 1.